The lowest BCUT2D eigenvalue weighted by atomic mass is 10.2. The Morgan fingerprint density at radius 1 is 0.795 bits per heavy atom. The summed E-state index contributed by atoms with van der Waals surface area (Å²) >= 11 is 0. The van der Waals surface area contributed by atoms with Crippen LogP contribution >= 0.6 is 7.82 Å². The van der Waals surface area contributed by atoms with Crippen molar-refractivity contribution in [3.05, 3.63) is 72.9 Å². The van der Waals surface area contributed by atoms with Gasteiger partial charge >= 0.3 is 5.97 Å². The molecule has 9 heteroatoms. The predicted octanol–water partition coefficient (Wildman–Crippen LogP) is 5.58. The standard InChI is InChI=1S/C30H50NO7P/c1-5-6-7-8-9-10-11-12-13-14-15-16-17-18-19-20-21-22-23-24-30(33)36-27-29(32)28-38-39(34,35)37-26-25-31(2,3)4/h6-7,9-10,12-13,15-16,18-19,21-22,29,32H,5,8,11,14,17,20,23-28H2,1-4H3. The second kappa shape index (κ2) is 23.8. The van der Waals surface area contributed by atoms with Gasteiger partial charge in [0.25, 0.3) is 7.82 Å². The Morgan fingerprint density at radius 2 is 1.26 bits per heavy atom. The molecule has 0 saturated carbocycles. The minimum Gasteiger partial charge on any atom is -0.756 e. The van der Waals surface area contributed by atoms with E-state index in [4.69, 9.17) is 9.26 Å². The van der Waals surface area contributed by atoms with E-state index in [1.807, 2.05) is 33.3 Å². The molecular weight excluding hydrogens is 517 g/mol. The number of phosphoric ester groups is 1. The molecule has 0 fully saturated rings. The Bertz CT molecular complexity index is 854. The van der Waals surface area contributed by atoms with Gasteiger partial charge in [-0.1, -0.05) is 79.8 Å². The zero-order chi connectivity index (χ0) is 29.2. The zero-order valence-corrected chi connectivity index (χ0v) is 25.2. The number of hydrogen-bond acceptors (Lipinski definition) is 7. The van der Waals surface area contributed by atoms with Gasteiger partial charge in [-0.2, -0.15) is 0 Å². The highest BCUT2D eigenvalue weighted by Gasteiger charge is 2.16. The molecule has 2 atom stereocenters. The lowest BCUT2D eigenvalue weighted by molar-refractivity contribution is -0.870. The Labute approximate surface area is 236 Å². The van der Waals surface area contributed by atoms with Gasteiger partial charge in [0.2, 0.25) is 0 Å². The number of nitrogens with zero attached hydrogens (tertiary/aromatic N) is 1. The van der Waals surface area contributed by atoms with E-state index in [-0.39, 0.29) is 19.6 Å². The van der Waals surface area contributed by atoms with Crippen molar-refractivity contribution in [3.63, 3.8) is 0 Å². The summed E-state index contributed by atoms with van der Waals surface area (Å²) in [5, 5.41) is 9.80. The molecule has 222 valence electrons. The fourth-order valence-corrected chi connectivity index (χ4v) is 3.53. The largest absolute Gasteiger partial charge is 0.756 e. The Morgan fingerprint density at radius 3 is 1.72 bits per heavy atom. The molecule has 8 nitrogen and oxygen atoms in total. The molecule has 2 unspecified atom stereocenters. The summed E-state index contributed by atoms with van der Waals surface area (Å²) < 4.78 is 26.6. The Kier molecular flexibility index (Phi) is 22.5. The van der Waals surface area contributed by atoms with Gasteiger partial charge in [0.05, 0.1) is 27.7 Å². The van der Waals surface area contributed by atoms with Gasteiger partial charge in [-0.3, -0.25) is 9.36 Å². The molecule has 0 rings (SSSR count). The highest BCUT2D eigenvalue weighted by molar-refractivity contribution is 7.45. The van der Waals surface area contributed by atoms with Crippen molar-refractivity contribution in [1.82, 2.24) is 0 Å². The number of hydrogen-bond donors (Lipinski definition) is 1. The van der Waals surface area contributed by atoms with Crippen molar-refractivity contribution < 1.29 is 37.6 Å². The van der Waals surface area contributed by atoms with Crippen LogP contribution in [-0.2, 0) is 23.1 Å². The summed E-state index contributed by atoms with van der Waals surface area (Å²) in [7, 11) is 1.19. The smallest absolute Gasteiger partial charge is 0.306 e. The van der Waals surface area contributed by atoms with E-state index in [1.54, 1.807) is 0 Å². The molecular formula is C30H50NO7P. The van der Waals surface area contributed by atoms with Gasteiger partial charge in [0, 0.05) is 6.42 Å². The molecule has 0 saturated heterocycles. The lowest BCUT2D eigenvalue weighted by Gasteiger charge is -2.27. The SMILES string of the molecule is CCC=CCC=CCC=CCC=CCC=CCC=CCCC(=O)OCC(O)COP(=O)([O-])OCC[N+](C)(C)C. The summed E-state index contributed by atoms with van der Waals surface area (Å²) in [6.45, 7) is 1.71. The first kappa shape index (κ1) is 36.9. The number of esters is 1. The fourth-order valence-electron chi connectivity index (χ4n) is 2.79. The summed E-state index contributed by atoms with van der Waals surface area (Å²) in [5.41, 5.74) is 0. The van der Waals surface area contributed by atoms with Crippen LogP contribution in [-0.4, -0.2) is 69.2 Å². The second-order valence-corrected chi connectivity index (χ2v) is 11.3. The molecule has 1 N–H and O–H groups in total. The molecule has 0 amide bonds. The molecule has 0 radical (unpaired) electrons. The van der Waals surface area contributed by atoms with Gasteiger partial charge in [0.15, 0.2) is 0 Å². The minimum atomic E-state index is -4.51. The Balaban J connectivity index is 3.80. The highest BCUT2D eigenvalue weighted by Crippen LogP contribution is 2.38. The molecule has 0 aromatic rings. The maximum Gasteiger partial charge on any atom is 0.306 e. The number of aliphatic hydroxyl groups is 1. The number of likely N-dealkylation sites (N-methyl/N-ethyl adjacent to an activating group) is 1. The Hall–Kier alpha value is -2.06. The van der Waals surface area contributed by atoms with E-state index in [0.29, 0.717) is 17.4 Å². The van der Waals surface area contributed by atoms with Gasteiger partial charge in [-0.15, -0.1) is 0 Å². The molecule has 39 heavy (non-hydrogen) atoms. The van der Waals surface area contributed by atoms with Crippen LogP contribution in [0.15, 0.2) is 72.9 Å². The van der Waals surface area contributed by atoms with E-state index in [2.05, 4.69) is 72.2 Å². The van der Waals surface area contributed by atoms with Crippen LogP contribution in [0.3, 0.4) is 0 Å². The number of phosphoric acid groups is 1. The molecule has 0 bridgehead atoms. The van der Waals surface area contributed by atoms with E-state index in [0.717, 1.165) is 38.5 Å². The molecule has 0 aliphatic rings. The predicted molar refractivity (Wildman–Crippen MR) is 157 cm³/mol. The lowest BCUT2D eigenvalue weighted by Crippen LogP contribution is -2.37. The third-order valence-electron chi connectivity index (χ3n) is 4.98. The van der Waals surface area contributed by atoms with Crippen LogP contribution in [0.2, 0.25) is 0 Å². The van der Waals surface area contributed by atoms with Gasteiger partial charge in [-0.05, 0) is 44.9 Å². The van der Waals surface area contributed by atoms with Crippen molar-refractivity contribution in [2.75, 3.05) is 47.5 Å². The van der Waals surface area contributed by atoms with Crippen LogP contribution < -0.4 is 4.89 Å². The number of carbonyl (C=O) groups excluding carboxylic acids is 1. The van der Waals surface area contributed by atoms with Crippen LogP contribution in [0, 0.1) is 0 Å². The first-order valence-corrected chi connectivity index (χ1v) is 15.2. The molecule has 0 aliphatic heterocycles. The van der Waals surface area contributed by atoms with Crippen molar-refractivity contribution in [2.24, 2.45) is 0 Å². The van der Waals surface area contributed by atoms with Crippen molar-refractivity contribution in [3.8, 4) is 0 Å². The summed E-state index contributed by atoms with van der Waals surface area (Å²) in [6, 6.07) is 0. The quantitative estimate of drug-likeness (QED) is 0.0744. The van der Waals surface area contributed by atoms with Crippen LogP contribution in [0.5, 0.6) is 0 Å². The number of aliphatic hydroxyl groups excluding tert-OH is 1. The molecule has 0 spiro atoms. The number of carbonyl (C=O) groups is 1. The average molecular weight is 568 g/mol. The van der Waals surface area contributed by atoms with Gasteiger partial charge in [-0.25, -0.2) is 0 Å². The first-order valence-electron chi connectivity index (χ1n) is 13.7. The fraction of sp³-hybridized carbons (Fsp3) is 0.567. The number of rotatable bonds is 23. The van der Waals surface area contributed by atoms with Crippen molar-refractivity contribution in [2.45, 2.75) is 64.4 Å². The normalized spacial score (nSPS) is 15.5. The maximum atomic E-state index is 11.8. The number of quaternary nitrogens is 1. The molecule has 0 aliphatic carbocycles. The number of allylic oxidation sites excluding steroid dienone is 12. The third-order valence-corrected chi connectivity index (χ3v) is 5.95. The average Bonchev–Trinajstić information content (AvgIpc) is 2.86. The zero-order valence-electron chi connectivity index (χ0n) is 24.3. The molecule has 0 aromatic carbocycles. The van der Waals surface area contributed by atoms with Gasteiger partial charge < -0.3 is 28.3 Å². The maximum absolute atomic E-state index is 11.8. The topological polar surface area (TPSA) is 105 Å². The monoisotopic (exact) mass is 567 g/mol. The van der Waals surface area contributed by atoms with E-state index < -0.39 is 26.5 Å². The molecule has 0 heterocycles. The number of ether oxygens (including phenoxy) is 1. The minimum absolute atomic E-state index is 0.0239. The van der Waals surface area contributed by atoms with Crippen LogP contribution in [0.4, 0.5) is 0 Å². The van der Waals surface area contributed by atoms with Crippen LogP contribution in [0.1, 0.15) is 58.3 Å². The summed E-state index contributed by atoms with van der Waals surface area (Å²) in [4.78, 5) is 23.5. The molecule has 0 aromatic heterocycles. The van der Waals surface area contributed by atoms with Crippen molar-refractivity contribution in [1.29, 1.82) is 0 Å². The van der Waals surface area contributed by atoms with E-state index in [9.17, 15) is 19.4 Å². The summed E-state index contributed by atoms with van der Waals surface area (Å²) in [5.74, 6) is -0.474. The van der Waals surface area contributed by atoms with Gasteiger partial charge in [0.1, 0.15) is 25.9 Å². The third kappa shape index (κ3) is 28.8. The highest BCUT2D eigenvalue weighted by atomic mass is 31.2. The second-order valence-electron chi connectivity index (χ2n) is 9.88. The van der Waals surface area contributed by atoms with Crippen LogP contribution in [0.25, 0.3) is 0 Å². The van der Waals surface area contributed by atoms with E-state index in [1.165, 1.54) is 0 Å². The van der Waals surface area contributed by atoms with E-state index >= 15 is 0 Å². The summed E-state index contributed by atoms with van der Waals surface area (Å²) in [6.07, 6.45) is 30.5. The van der Waals surface area contributed by atoms with Crippen molar-refractivity contribution >= 4 is 13.8 Å². The first-order chi connectivity index (χ1) is 18.6.